The topological polar surface area (TPSA) is 94.3 Å². The van der Waals surface area contributed by atoms with Gasteiger partial charge < -0.3 is 14.5 Å². The van der Waals surface area contributed by atoms with E-state index in [0.717, 1.165) is 22.5 Å². The van der Waals surface area contributed by atoms with Crippen LogP contribution < -0.4 is 5.32 Å². The predicted molar refractivity (Wildman–Crippen MR) is 92.3 cm³/mol. The first-order chi connectivity index (χ1) is 12.1. The Morgan fingerprint density at radius 3 is 2.92 bits per heavy atom. The van der Waals surface area contributed by atoms with Gasteiger partial charge in [-0.15, -0.1) is 5.10 Å². The second-order valence-corrected chi connectivity index (χ2v) is 6.21. The number of aromatic nitrogens is 2. The second-order valence-electron chi connectivity index (χ2n) is 5.45. The van der Waals surface area contributed by atoms with E-state index >= 15 is 0 Å². The molecule has 0 radical (unpaired) electrons. The third-order valence-electron chi connectivity index (χ3n) is 3.66. The lowest BCUT2D eigenvalue weighted by atomic mass is 10.2. The molecule has 0 saturated heterocycles. The summed E-state index contributed by atoms with van der Waals surface area (Å²) in [5, 5.41) is 7.56. The number of fused-ring (bicyclic) bond motifs is 1. The minimum Gasteiger partial charge on any atom is -0.459 e. The number of aryl methyl sites for hydroxylation is 1. The van der Waals surface area contributed by atoms with Crippen LogP contribution in [-0.4, -0.2) is 28.1 Å². The molecule has 0 fully saturated rings. The average molecular weight is 359 g/mol. The number of hydrogen-bond donors (Lipinski definition) is 1. The lowest BCUT2D eigenvalue weighted by Crippen LogP contribution is -2.31. The van der Waals surface area contributed by atoms with E-state index in [2.05, 4.69) is 14.9 Å². The van der Waals surface area contributed by atoms with Gasteiger partial charge in [0.15, 0.2) is 11.5 Å². The summed E-state index contributed by atoms with van der Waals surface area (Å²) >= 11 is 0.965. The quantitative estimate of drug-likeness (QED) is 0.680. The van der Waals surface area contributed by atoms with Crippen LogP contribution in [0.1, 0.15) is 41.0 Å². The SMILES string of the molecule is CCc1nnsc1C(=O)OCC(=O)N[C@H](C)c1cc2ccccc2o1. The molecular weight excluding hydrogens is 342 g/mol. The van der Waals surface area contributed by atoms with Gasteiger partial charge in [0, 0.05) is 5.39 Å². The van der Waals surface area contributed by atoms with Crippen molar-refractivity contribution in [2.75, 3.05) is 6.61 Å². The highest BCUT2D eigenvalue weighted by Crippen LogP contribution is 2.23. The van der Waals surface area contributed by atoms with Gasteiger partial charge in [0.1, 0.15) is 11.3 Å². The summed E-state index contributed by atoms with van der Waals surface area (Å²) < 4.78 is 14.5. The minimum atomic E-state index is -0.585. The summed E-state index contributed by atoms with van der Waals surface area (Å²) in [7, 11) is 0. The minimum absolute atomic E-state index is 0.334. The van der Waals surface area contributed by atoms with Crippen LogP contribution in [0.5, 0.6) is 0 Å². The van der Waals surface area contributed by atoms with Crippen molar-refractivity contribution in [2.24, 2.45) is 0 Å². The Labute approximate surface area is 148 Å². The van der Waals surface area contributed by atoms with Crippen molar-refractivity contribution in [2.45, 2.75) is 26.3 Å². The highest BCUT2D eigenvalue weighted by molar-refractivity contribution is 7.07. The highest BCUT2D eigenvalue weighted by Gasteiger charge is 2.19. The van der Waals surface area contributed by atoms with E-state index in [1.54, 1.807) is 6.92 Å². The molecule has 0 saturated carbocycles. The fourth-order valence-corrected chi connectivity index (χ4v) is 3.01. The second kappa shape index (κ2) is 7.43. The molecule has 1 amide bonds. The van der Waals surface area contributed by atoms with E-state index in [0.29, 0.717) is 22.8 Å². The number of rotatable bonds is 6. The maximum atomic E-state index is 12.0. The number of amides is 1. The summed E-state index contributed by atoms with van der Waals surface area (Å²) in [6, 6.07) is 9.15. The highest BCUT2D eigenvalue weighted by atomic mass is 32.1. The van der Waals surface area contributed by atoms with Gasteiger partial charge in [-0.2, -0.15) is 0 Å². The fraction of sp³-hybridized carbons (Fsp3) is 0.294. The molecule has 3 aromatic rings. The van der Waals surface area contributed by atoms with Crippen molar-refractivity contribution < 1.29 is 18.7 Å². The molecule has 1 N–H and O–H groups in total. The Kier molecular flexibility index (Phi) is 5.08. The number of para-hydroxylation sites is 1. The Morgan fingerprint density at radius 1 is 1.36 bits per heavy atom. The first kappa shape index (κ1) is 17.1. The van der Waals surface area contributed by atoms with Crippen LogP contribution in [0.3, 0.4) is 0 Å². The van der Waals surface area contributed by atoms with Gasteiger partial charge in [0.2, 0.25) is 0 Å². The smallest absolute Gasteiger partial charge is 0.352 e. The van der Waals surface area contributed by atoms with Crippen LogP contribution in [0.2, 0.25) is 0 Å². The largest absolute Gasteiger partial charge is 0.459 e. The number of carbonyl (C=O) groups is 2. The Balaban J connectivity index is 1.56. The lowest BCUT2D eigenvalue weighted by Gasteiger charge is -2.11. The van der Waals surface area contributed by atoms with Gasteiger partial charge in [0.05, 0.1) is 11.7 Å². The van der Waals surface area contributed by atoms with Crippen molar-refractivity contribution >= 4 is 34.4 Å². The number of carbonyl (C=O) groups excluding carboxylic acids is 2. The molecule has 3 rings (SSSR count). The summed E-state index contributed by atoms with van der Waals surface area (Å²) in [6.45, 7) is 3.30. The normalized spacial score (nSPS) is 12.1. The zero-order valence-electron chi connectivity index (χ0n) is 13.8. The number of esters is 1. The molecule has 7 nitrogen and oxygen atoms in total. The number of ether oxygens (including phenoxy) is 1. The molecular formula is C17H17N3O4S. The molecule has 2 aromatic heterocycles. The number of benzene rings is 1. The maximum absolute atomic E-state index is 12.0. The van der Waals surface area contributed by atoms with E-state index in [1.165, 1.54) is 0 Å². The van der Waals surface area contributed by atoms with Crippen LogP contribution in [0, 0.1) is 0 Å². The lowest BCUT2D eigenvalue weighted by molar-refractivity contribution is -0.125. The predicted octanol–water partition coefficient (Wildman–Crippen LogP) is 2.88. The molecule has 8 heteroatoms. The van der Waals surface area contributed by atoms with Gasteiger partial charge in [-0.1, -0.05) is 29.6 Å². The zero-order chi connectivity index (χ0) is 17.8. The molecule has 130 valence electrons. The van der Waals surface area contributed by atoms with Gasteiger partial charge in [-0.25, -0.2) is 4.79 Å². The molecule has 0 aliphatic carbocycles. The maximum Gasteiger partial charge on any atom is 0.352 e. The number of furan rings is 1. The van der Waals surface area contributed by atoms with E-state index in [4.69, 9.17) is 9.15 Å². The molecule has 0 unspecified atom stereocenters. The summed E-state index contributed by atoms with van der Waals surface area (Å²) in [5.41, 5.74) is 1.33. The van der Waals surface area contributed by atoms with Crippen molar-refractivity contribution in [1.82, 2.24) is 14.9 Å². The summed E-state index contributed by atoms with van der Waals surface area (Å²) in [5.74, 6) is -0.351. The number of hydrogen-bond acceptors (Lipinski definition) is 7. The van der Waals surface area contributed by atoms with Crippen molar-refractivity contribution in [1.29, 1.82) is 0 Å². The Morgan fingerprint density at radius 2 is 2.16 bits per heavy atom. The molecule has 0 spiro atoms. The van der Waals surface area contributed by atoms with Crippen LogP contribution in [0.25, 0.3) is 11.0 Å². The number of nitrogens with zero attached hydrogens (tertiary/aromatic N) is 2. The van der Waals surface area contributed by atoms with Crippen LogP contribution in [-0.2, 0) is 16.0 Å². The third kappa shape index (κ3) is 3.85. The van der Waals surface area contributed by atoms with Gasteiger partial charge in [-0.3, -0.25) is 4.79 Å². The summed E-state index contributed by atoms with van der Waals surface area (Å²) in [6.07, 6.45) is 0.580. The average Bonchev–Trinajstić information content (AvgIpc) is 3.25. The molecule has 1 aromatic carbocycles. The van der Waals surface area contributed by atoms with Crippen LogP contribution >= 0.6 is 11.5 Å². The van der Waals surface area contributed by atoms with E-state index in [1.807, 2.05) is 37.3 Å². The van der Waals surface area contributed by atoms with Crippen molar-refractivity contribution in [3.8, 4) is 0 Å². The van der Waals surface area contributed by atoms with Crippen molar-refractivity contribution in [3.63, 3.8) is 0 Å². The molecule has 25 heavy (non-hydrogen) atoms. The molecule has 2 heterocycles. The van der Waals surface area contributed by atoms with Gasteiger partial charge in [-0.05, 0) is 37.0 Å². The number of nitrogens with one attached hydrogen (secondary N) is 1. The van der Waals surface area contributed by atoms with Crippen molar-refractivity contribution in [3.05, 3.63) is 46.7 Å². The Hall–Kier alpha value is -2.74. The standard InChI is InChI=1S/C17H17N3O4S/c1-3-12-16(25-20-19-12)17(22)23-9-15(21)18-10(2)14-8-11-6-4-5-7-13(11)24-14/h4-8,10H,3,9H2,1-2H3,(H,18,21)/t10-/m1/s1. The third-order valence-corrected chi connectivity index (χ3v) is 4.41. The first-order valence-electron chi connectivity index (χ1n) is 7.84. The first-order valence-corrected chi connectivity index (χ1v) is 8.62. The van der Waals surface area contributed by atoms with Gasteiger partial charge >= 0.3 is 5.97 Å². The van der Waals surface area contributed by atoms with E-state index in [-0.39, 0.29) is 12.6 Å². The molecule has 1 atom stereocenters. The van der Waals surface area contributed by atoms with Crippen LogP contribution in [0.4, 0.5) is 0 Å². The van der Waals surface area contributed by atoms with Crippen LogP contribution in [0.15, 0.2) is 34.7 Å². The zero-order valence-corrected chi connectivity index (χ0v) is 14.6. The monoisotopic (exact) mass is 359 g/mol. The van der Waals surface area contributed by atoms with E-state index in [9.17, 15) is 9.59 Å². The summed E-state index contributed by atoms with van der Waals surface area (Å²) in [4.78, 5) is 24.3. The molecule has 0 bridgehead atoms. The molecule has 0 aliphatic rings. The van der Waals surface area contributed by atoms with Gasteiger partial charge in [0.25, 0.3) is 5.91 Å². The Bertz CT molecular complexity index is 869. The molecule has 0 aliphatic heterocycles. The fourth-order valence-electron chi connectivity index (χ4n) is 2.36. The van der Waals surface area contributed by atoms with E-state index < -0.39 is 11.9 Å².